The maximum Gasteiger partial charge on any atom is 0.269 e. The molecule has 1 saturated heterocycles. The van der Waals surface area contributed by atoms with Gasteiger partial charge in [0, 0.05) is 55.1 Å². The predicted molar refractivity (Wildman–Crippen MR) is 139 cm³/mol. The molecule has 3 heterocycles. The molecule has 1 aliphatic carbocycles. The van der Waals surface area contributed by atoms with Crippen molar-refractivity contribution in [3.63, 3.8) is 0 Å². The number of aryl methyl sites for hydroxylation is 2. The number of halogens is 1. The van der Waals surface area contributed by atoms with E-state index in [1.54, 1.807) is 12.3 Å². The van der Waals surface area contributed by atoms with Gasteiger partial charge in [-0.2, -0.15) is 10.2 Å². The van der Waals surface area contributed by atoms with Crippen molar-refractivity contribution in [2.75, 3.05) is 19.7 Å². The monoisotopic (exact) mass is 510 g/mol. The van der Waals surface area contributed by atoms with Gasteiger partial charge in [-0.05, 0) is 68.9 Å². The van der Waals surface area contributed by atoms with Crippen LogP contribution < -0.4 is 5.32 Å². The van der Waals surface area contributed by atoms with E-state index in [0.29, 0.717) is 36.8 Å². The third-order valence-corrected chi connectivity index (χ3v) is 8.00. The van der Waals surface area contributed by atoms with Gasteiger partial charge in [0.05, 0.1) is 18.4 Å². The first-order valence-electron chi connectivity index (χ1n) is 12.9. The van der Waals surface area contributed by atoms with E-state index < -0.39 is 0 Å². The van der Waals surface area contributed by atoms with Crippen molar-refractivity contribution in [1.29, 1.82) is 0 Å². The molecule has 1 saturated carbocycles. The van der Waals surface area contributed by atoms with Crippen molar-refractivity contribution in [3.05, 3.63) is 70.3 Å². The van der Waals surface area contributed by atoms with Crippen LogP contribution in [-0.4, -0.2) is 68.7 Å². The second kappa shape index (κ2) is 11.2. The average molecular weight is 511 g/mol. The molecule has 2 aliphatic rings. The van der Waals surface area contributed by atoms with E-state index in [4.69, 9.17) is 21.4 Å². The Hall–Kier alpha value is -2.68. The Morgan fingerprint density at radius 1 is 1.19 bits per heavy atom. The molecule has 5 rings (SSSR count). The summed E-state index contributed by atoms with van der Waals surface area (Å²) >= 11 is 6.11. The number of morpholine rings is 1. The number of amides is 1. The van der Waals surface area contributed by atoms with Crippen molar-refractivity contribution in [1.82, 2.24) is 30.2 Å². The van der Waals surface area contributed by atoms with Crippen molar-refractivity contribution in [3.8, 4) is 0 Å². The van der Waals surface area contributed by atoms with Crippen LogP contribution in [0, 0.1) is 6.92 Å². The summed E-state index contributed by atoms with van der Waals surface area (Å²) in [5, 5.41) is 15.1. The number of carbonyl (C=O) groups is 1. The van der Waals surface area contributed by atoms with Crippen LogP contribution in [0.5, 0.6) is 0 Å². The summed E-state index contributed by atoms with van der Waals surface area (Å²) in [5.41, 5.74) is 4.17. The SMILES string of the molecule is Cc1cc(C2CCC(N3CC(CNC(=O)c4ccn[nH]4)OC[C@@H]3Cc3ccc(Cl)cc3)CC2)nn1C. The molecule has 1 aromatic carbocycles. The number of benzene rings is 1. The van der Waals surface area contributed by atoms with Gasteiger partial charge in [-0.15, -0.1) is 0 Å². The van der Waals surface area contributed by atoms with Crippen LogP contribution in [0.4, 0.5) is 0 Å². The highest BCUT2D eigenvalue weighted by atomic mass is 35.5. The van der Waals surface area contributed by atoms with Crippen LogP contribution in [0.25, 0.3) is 0 Å². The van der Waals surface area contributed by atoms with Crippen molar-refractivity contribution >= 4 is 17.5 Å². The van der Waals surface area contributed by atoms with Crippen LogP contribution in [0.15, 0.2) is 42.6 Å². The van der Waals surface area contributed by atoms with Gasteiger partial charge in [-0.3, -0.25) is 19.5 Å². The molecule has 2 fully saturated rings. The van der Waals surface area contributed by atoms with E-state index >= 15 is 0 Å². The minimum atomic E-state index is -0.155. The largest absolute Gasteiger partial charge is 0.373 e. The topological polar surface area (TPSA) is 88.1 Å². The molecule has 2 aromatic heterocycles. The van der Waals surface area contributed by atoms with Crippen molar-refractivity contribution in [2.45, 2.75) is 63.1 Å². The fraction of sp³-hybridized carbons (Fsp3) is 0.519. The van der Waals surface area contributed by atoms with Crippen molar-refractivity contribution in [2.24, 2.45) is 7.05 Å². The molecular weight excluding hydrogens is 476 g/mol. The van der Waals surface area contributed by atoms with Gasteiger partial charge in [0.1, 0.15) is 5.69 Å². The first-order valence-corrected chi connectivity index (χ1v) is 13.2. The molecule has 0 radical (unpaired) electrons. The molecule has 1 unspecified atom stereocenters. The van der Waals surface area contributed by atoms with Gasteiger partial charge in [0.15, 0.2) is 0 Å². The lowest BCUT2D eigenvalue weighted by Crippen LogP contribution is -2.57. The number of nitrogens with zero attached hydrogens (tertiary/aromatic N) is 4. The minimum Gasteiger partial charge on any atom is -0.373 e. The lowest BCUT2D eigenvalue weighted by atomic mass is 9.82. The van der Waals surface area contributed by atoms with Crippen LogP contribution in [0.3, 0.4) is 0 Å². The Bertz CT molecular complexity index is 1120. The smallest absolute Gasteiger partial charge is 0.269 e. The van der Waals surface area contributed by atoms with E-state index in [1.807, 2.05) is 23.9 Å². The lowest BCUT2D eigenvalue weighted by Gasteiger charge is -2.46. The number of hydrogen-bond donors (Lipinski definition) is 2. The summed E-state index contributed by atoms with van der Waals surface area (Å²) in [6.07, 6.45) is 7.03. The molecule has 3 aromatic rings. The van der Waals surface area contributed by atoms with Gasteiger partial charge >= 0.3 is 0 Å². The molecule has 2 N–H and O–H groups in total. The van der Waals surface area contributed by atoms with Crippen molar-refractivity contribution < 1.29 is 9.53 Å². The number of aromatic amines is 1. The third kappa shape index (κ3) is 5.82. The number of rotatable bonds is 7. The van der Waals surface area contributed by atoms with Gasteiger partial charge in [-0.1, -0.05) is 23.7 Å². The number of nitrogens with one attached hydrogen (secondary N) is 2. The summed E-state index contributed by atoms with van der Waals surface area (Å²) in [6.45, 7) is 4.04. The first-order chi connectivity index (χ1) is 17.5. The van der Waals surface area contributed by atoms with Gasteiger partial charge < -0.3 is 10.1 Å². The highest BCUT2D eigenvalue weighted by Gasteiger charge is 2.36. The van der Waals surface area contributed by atoms with E-state index in [1.165, 1.54) is 17.0 Å². The fourth-order valence-electron chi connectivity index (χ4n) is 5.59. The molecule has 0 bridgehead atoms. The summed E-state index contributed by atoms with van der Waals surface area (Å²) in [7, 11) is 2.02. The van der Waals surface area contributed by atoms with Crippen LogP contribution in [0.1, 0.15) is 59.0 Å². The number of aromatic nitrogens is 4. The molecule has 1 amide bonds. The average Bonchev–Trinajstić information content (AvgIpc) is 3.55. The maximum absolute atomic E-state index is 12.4. The number of H-pyrrole nitrogens is 1. The summed E-state index contributed by atoms with van der Waals surface area (Å²) in [5.74, 6) is 0.374. The number of carbonyl (C=O) groups excluding carboxylic acids is 1. The van der Waals surface area contributed by atoms with Crippen LogP contribution in [-0.2, 0) is 18.2 Å². The molecule has 8 nitrogen and oxygen atoms in total. The summed E-state index contributed by atoms with van der Waals surface area (Å²) in [6, 6.07) is 12.8. The lowest BCUT2D eigenvalue weighted by molar-refractivity contribution is -0.0822. The minimum absolute atomic E-state index is 0.0468. The van der Waals surface area contributed by atoms with Gasteiger partial charge in [0.25, 0.3) is 5.91 Å². The predicted octanol–water partition coefficient (Wildman–Crippen LogP) is 3.87. The van der Waals surface area contributed by atoms with E-state index in [0.717, 1.165) is 43.7 Å². The van der Waals surface area contributed by atoms with E-state index in [9.17, 15) is 4.79 Å². The quantitative estimate of drug-likeness (QED) is 0.503. The molecule has 0 spiro atoms. The second-order valence-electron chi connectivity index (χ2n) is 10.2. The third-order valence-electron chi connectivity index (χ3n) is 7.74. The number of hydrogen-bond acceptors (Lipinski definition) is 5. The normalized spacial score (nSPS) is 25.1. The molecule has 1 aliphatic heterocycles. The number of ether oxygens (including phenoxy) is 1. The zero-order chi connectivity index (χ0) is 25.1. The second-order valence-corrected chi connectivity index (χ2v) is 10.6. The van der Waals surface area contributed by atoms with E-state index in [2.05, 4.69) is 45.5 Å². The molecule has 2 atom stereocenters. The maximum atomic E-state index is 12.4. The standard InChI is InChI=1S/C27H35ClN6O2/c1-18-13-26(32-33(18)2)20-5-9-22(10-6-20)34-16-24(15-29-27(35)25-11-12-30-31-25)36-17-23(34)14-19-3-7-21(28)8-4-19/h3-4,7-8,11-13,20,22-24H,5-6,9-10,14-17H2,1-2H3,(H,29,35)(H,30,31)/t20?,22?,23-,24?/m0/s1. The summed E-state index contributed by atoms with van der Waals surface area (Å²) < 4.78 is 8.24. The van der Waals surface area contributed by atoms with Crippen LogP contribution >= 0.6 is 11.6 Å². The zero-order valence-electron chi connectivity index (χ0n) is 21.0. The van der Waals surface area contributed by atoms with Crippen LogP contribution in [0.2, 0.25) is 5.02 Å². The molecule has 36 heavy (non-hydrogen) atoms. The van der Waals surface area contributed by atoms with Gasteiger partial charge in [0.2, 0.25) is 0 Å². The fourth-order valence-corrected chi connectivity index (χ4v) is 5.72. The highest BCUT2D eigenvalue weighted by molar-refractivity contribution is 6.30. The Balaban J connectivity index is 1.24. The highest BCUT2D eigenvalue weighted by Crippen LogP contribution is 2.36. The Morgan fingerprint density at radius 3 is 2.64 bits per heavy atom. The van der Waals surface area contributed by atoms with E-state index in [-0.39, 0.29) is 12.0 Å². The Morgan fingerprint density at radius 2 is 1.97 bits per heavy atom. The Kier molecular flexibility index (Phi) is 7.74. The first kappa shape index (κ1) is 25.0. The Labute approximate surface area is 217 Å². The summed E-state index contributed by atoms with van der Waals surface area (Å²) in [4.78, 5) is 15.0. The molecule has 192 valence electrons. The zero-order valence-corrected chi connectivity index (χ0v) is 21.7. The molecule has 9 heteroatoms. The molecular formula is C27H35ClN6O2. The van der Waals surface area contributed by atoms with Gasteiger partial charge in [-0.25, -0.2) is 0 Å².